The van der Waals surface area contributed by atoms with Crippen LogP contribution in [0.1, 0.15) is 31.9 Å². The maximum Gasteiger partial charge on any atom is 0.255 e. The first kappa shape index (κ1) is 25.4. The molecule has 9 heteroatoms. The Labute approximate surface area is 215 Å². The van der Waals surface area contributed by atoms with Gasteiger partial charge in [-0.2, -0.15) is 0 Å². The number of aliphatic imine (C=N–C) groups is 1. The molecule has 8 nitrogen and oxygen atoms in total. The quantitative estimate of drug-likeness (QED) is 0.555. The number of allylic oxidation sites excluding steroid dienone is 1. The van der Waals surface area contributed by atoms with Crippen molar-refractivity contribution < 1.29 is 19.1 Å². The second-order valence-corrected chi connectivity index (χ2v) is 9.27. The Morgan fingerprint density at radius 2 is 1.83 bits per heavy atom. The lowest BCUT2D eigenvalue weighted by Crippen LogP contribution is -2.39. The zero-order valence-electron chi connectivity index (χ0n) is 21.1. The van der Waals surface area contributed by atoms with Gasteiger partial charge in [-0.1, -0.05) is 23.9 Å². The summed E-state index contributed by atoms with van der Waals surface area (Å²) in [5.74, 6) is 1.13. The Morgan fingerprint density at radius 1 is 1.11 bits per heavy atom. The van der Waals surface area contributed by atoms with Gasteiger partial charge < -0.3 is 24.6 Å². The summed E-state index contributed by atoms with van der Waals surface area (Å²) < 4.78 is 10.7. The van der Waals surface area contributed by atoms with Crippen LogP contribution in [-0.4, -0.2) is 54.6 Å². The molecular formula is C27H30N4O4S. The van der Waals surface area contributed by atoms with Gasteiger partial charge in [-0.05, 0) is 61.2 Å². The number of amidine groups is 1. The fraction of sp³-hybridized carbons (Fsp3) is 0.296. The van der Waals surface area contributed by atoms with Gasteiger partial charge in [0.1, 0.15) is 11.5 Å². The molecule has 36 heavy (non-hydrogen) atoms. The number of hydrogen-bond acceptors (Lipinski definition) is 7. The molecule has 0 saturated carbocycles. The third-order valence-electron chi connectivity index (χ3n) is 6.24. The van der Waals surface area contributed by atoms with E-state index in [2.05, 4.69) is 5.32 Å². The topological polar surface area (TPSA) is 83.5 Å². The van der Waals surface area contributed by atoms with Crippen molar-refractivity contribution in [2.24, 2.45) is 4.99 Å². The van der Waals surface area contributed by atoms with E-state index in [0.29, 0.717) is 35.0 Å². The zero-order chi connectivity index (χ0) is 25.8. The van der Waals surface area contributed by atoms with Crippen molar-refractivity contribution >= 4 is 34.4 Å². The predicted octanol–water partition coefficient (Wildman–Crippen LogP) is 4.79. The van der Waals surface area contributed by atoms with E-state index in [-0.39, 0.29) is 18.2 Å². The summed E-state index contributed by atoms with van der Waals surface area (Å²) in [6.45, 7) is 4.40. The Bertz CT molecular complexity index is 1250. The molecule has 1 N–H and O–H groups in total. The SMILES string of the molecule is CCN(C)C(=O)CC1=CSC2=NC(C)=C(C(=O)Nc3ccc(OC)cc3)C(c3cccc(OC)c3)N12. The highest BCUT2D eigenvalue weighted by molar-refractivity contribution is 8.16. The largest absolute Gasteiger partial charge is 0.497 e. The van der Waals surface area contributed by atoms with E-state index in [4.69, 9.17) is 14.5 Å². The summed E-state index contributed by atoms with van der Waals surface area (Å²) in [5.41, 5.74) is 3.45. The van der Waals surface area contributed by atoms with E-state index in [1.165, 1.54) is 11.8 Å². The van der Waals surface area contributed by atoms with Gasteiger partial charge in [-0.15, -0.1) is 0 Å². The number of hydrogen-bond donors (Lipinski definition) is 1. The molecule has 0 radical (unpaired) electrons. The second kappa shape index (κ2) is 10.9. The molecule has 2 aromatic carbocycles. The van der Waals surface area contributed by atoms with E-state index in [9.17, 15) is 9.59 Å². The lowest BCUT2D eigenvalue weighted by molar-refractivity contribution is -0.129. The molecule has 2 amide bonds. The molecule has 1 atom stereocenters. The smallest absolute Gasteiger partial charge is 0.255 e. The number of methoxy groups -OCH3 is 2. The molecule has 2 aliphatic heterocycles. The minimum Gasteiger partial charge on any atom is -0.497 e. The third-order valence-corrected chi connectivity index (χ3v) is 7.12. The van der Waals surface area contributed by atoms with E-state index in [1.807, 2.05) is 48.4 Å². The van der Waals surface area contributed by atoms with Crippen molar-refractivity contribution in [3.63, 3.8) is 0 Å². The number of thioether (sulfide) groups is 1. The van der Waals surface area contributed by atoms with Gasteiger partial charge in [0.2, 0.25) is 5.91 Å². The monoisotopic (exact) mass is 506 g/mol. The summed E-state index contributed by atoms with van der Waals surface area (Å²) in [6.07, 6.45) is 0.212. The van der Waals surface area contributed by atoms with Crippen molar-refractivity contribution in [3.05, 3.63) is 76.5 Å². The van der Waals surface area contributed by atoms with E-state index >= 15 is 0 Å². The van der Waals surface area contributed by atoms with Gasteiger partial charge in [-0.25, -0.2) is 4.99 Å². The van der Waals surface area contributed by atoms with Crippen LogP contribution in [0, 0.1) is 0 Å². The lowest BCUT2D eigenvalue weighted by atomic mass is 9.93. The number of nitrogens with one attached hydrogen (secondary N) is 1. The molecule has 2 aliphatic rings. The first-order valence-electron chi connectivity index (χ1n) is 11.6. The van der Waals surface area contributed by atoms with Crippen LogP contribution in [0.5, 0.6) is 11.5 Å². The average molecular weight is 507 g/mol. The van der Waals surface area contributed by atoms with Crippen LogP contribution in [-0.2, 0) is 9.59 Å². The van der Waals surface area contributed by atoms with Gasteiger partial charge in [-0.3, -0.25) is 9.59 Å². The van der Waals surface area contributed by atoms with Crippen LogP contribution >= 0.6 is 11.8 Å². The van der Waals surface area contributed by atoms with Gasteiger partial charge in [0.15, 0.2) is 5.17 Å². The van der Waals surface area contributed by atoms with E-state index in [0.717, 1.165) is 16.4 Å². The number of anilines is 1. The van der Waals surface area contributed by atoms with E-state index in [1.54, 1.807) is 50.4 Å². The lowest BCUT2D eigenvalue weighted by Gasteiger charge is -2.37. The van der Waals surface area contributed by atoms with Crippen molar-refractivity contribution in [1.82, 2.24) is 9.80 Å². The summed E-state index contributed by atoms with van der Waals surface area (Å²) >= 11 is 1.46. The van der Waals surface area contributed by atoms with Crippen LogP contribution in [0.25, 0.3) is 0 Å². The highest BCUT2D eigenvalue weighted by atomic mass is 32.2. The number of carbonyl (C=O) groups excluding carboxylic acids is 2. The number of nitrogens with zero attached hydrogens (tertiary/aromatic N) is 3. The van der Waals surface area contributed by atoms with Gasteiger partial charge in [0, 0.05) is 25.0 Å². The minimum absolute atomic E-state index is 0.00509. The molecule has 4 rings (SSSR count). The molecule has 2 heterocycles. The zero-order valence-corrected chi connectivity index (χ0v) is 21.9. The van der Waals surface area contributed by atoms with Crippen molar-refractivity contribution in [2.45, 2.75) is 26.3 Å². The molecule has 0 aliphatic carbocycles. The molecule has 188 valence electrons. The van der Waals surface area contributed by atoms with Gasteiger partial charge in [0.05, 0.1) is 38.0 Å². The highest BCUT2D eigenvalue weighted by Crippen LogP contribution is 2.45. The van der Waals surface area contributed by atoms with Gasteiger partial charge in [0.25, 0.3) is 5.91 Å². The Hall–Kier alpha value is -3.72. The maximum atomic E-state index is 13.7. The fourth-order valence-corrected chi connectivity index (χ4v) is 5.09. The molecule has 0 aromatic heterocycles. The van der Waals surface area contributed by atoms with Crippen molar-refractivity contribution in [1.29, 1.82) is 0 Å². The maximum absolute atomic E-state index is 13.7. The predicted molar refractivity (Wildman–Crippen MR) is 143 cm³/mol. The molecule has 2 aromatic rings. The number of carbonyl (C=O) groups is 2. The first-order chi connectivity index (χ1) is 17.4. The molecule has 0 fully saturated rings. The summed E-state index contributed by atoms with van der Waals surface area (Å²) in [4.78, 5) is 35.0. The second-order valence-electron chi connectivity index (χ2n) is 8.44. The average Bonchev–Trinajstić information content (AvgIpc) is 3.29. The van der Waals surface area contributed by atoms with Crippen LogP contribution in [0.4, 0.5) is 5.69 Å². The van der Waals surface area contributed by atoms with Gasteiger partial charge >= 0.3 is 0 Å². The summed E-state index contributed by atoms with van der Waals surface area (Å²) in [7, 11) is 5.00. The Morgan fingerprint density at radius 3 is 2.50 bits per heavy atom. The number of ether oxygens (including phenoxy) is 2. The highest BCUT2D eigenvalue weighted by Gasteiger charge is 2.40. The van der Waals surface area contributed by atoms with Crippen LogP contribution < -0.4 is 14.8 Å². The molecule has 1 unspecified atom stereocenters. The van der Waals surface area contributed by atoms with Crippen LogP contribution in [0.3, 0.4) is 0 Å². The van der Waals surface area contributed by atoms with Crippen LogP contribution in [0.15, 0.2) is 75.9 Å². The summed E-state index contributed by atoms with van der Waals surface area (Å²) in [6, 6.07) is 14.3. The van der Waals surface area contributed by atoms with Crippen molar-refractivity contribution in [3.8, 4) is 11.5 Å². The number of amides is 2. The van der Waals surface area contributed by atoms with Crippen molar-refractivity contribution in [2.75, 3.05) is 33.1 Å². The normalized spacial score (nSPS) is 16.7. The molecule has 0 saturated heterocycles. The number of fused-ring (bicyclic) bond motifs is 1. The first-order valence-corrected chi connectivity index (χ1v) is 12.5. The van der Waals surface area contributed by atoms with E-state index < -0.39 is 6.04 Å². The minimum atomic E-state index is -0.480. The standard InChI is InChI=1S/C27H30N4O4S/c1-6-30(3)23(32)15-20-16-36-27-28-17(2)24(26(33)29-19-10-12-21(34-4)13-11-19)25(31(20)27)18-8-7-9-22(14-18)35-5/h7-14,16,25H,6,15H2,1-5H3,(H,29,33). The molecule has 0 bridgehead atoms. The Balaban J connectivity index is 1.74. The molecule has 0 spiro atoms. The fourth-order valence-electron chi connectivity index (χ4n) is 4.13. The third kappa shape index (κ3) is 5.11. The summed E-state index contributed by atoms with van der Waals surface area (Å²) in [5, 5.41) is 5.69. The Kier molecular flexibility index (Phi) is 7.69. The van der Waals surface area contributed by atoms with Crippen LogP contribution in [0.2, 0.25) is 0 Å². The molecular weight excluding hydrogens is 476 g/mol. The number of benzene rings is 2. The number of rotatable bonds is 8.